The maximum atomic E-state index is 12.8. The number of amides is 2. The summed E-state index contributed by atoms with van der Waals surface area (Å²) in [4.78, 5) is 30.5. The van der Waals surface area contributed by atoms with Gasteiger partial charge in [-0.3, -0.25) is 19.4 Å². The quantitative estimate of drug-likeness (QED) is 0.688. The first-order valence-electron chi connectivity index (χ1n) is 9.92. The number of fused-ring (bicyclic) bond motifs is 1. The fourth-order valence-electron chi connectivity index (χ4n) is 4.22. The Labute approximate surface area is 177 Å². The lowest BCUT2D eigenvalue weighted by molar-refractivity contribution is -0.142. The molecule has 6 nitrogen and oxygen atoms in total. The maximum absolute atomic E-state index is 12.8. The number of carbonyl (C=O) groups is 2. The van der Waals surface area contributed by atoms with Crippen LogP contribution in [-0.4, -0.2) is 36.8 Å². The fourth-order valence-corrected chi connectivity index (χ4v) is 6.47. The molecule has 0 radical (unpaired) electrons. The van der Waals surface area contributed by atoms with Gasteiger partial charge in [0, 0.05) is 22.8 Å². The molecule has 1 saturated heterocycles. The van der Waals surface area contributed by atoms with E-state index in [0.717, 1.165) is 47.6 Å². The van der Waals surface area contributed by atoms with Crippen LogP contribution >= 0.6 is 23.1 Å². The molecule has 0 atom stereocenters. The van der Waals surface area contributed by atoms with Crippen LogP contribution in [0.4, 0.5) is 0 Å². The van der Waals surface area contributed by atoms with Gasteiger partial charge in [-0.15, -0.1) is 23.1 Å². The lowest BCUT2D eigenvalue weighted by Crippen LogP contribution is -2.55. The highest BCUT2D eigenvalue weighted by molar-refractivity contribution is 8.01. The summed E-state index contributed by atoms with van der Waals surface area (Å²) in [7, 11) is 0. The number of hydrazine groups is 1. The molecule has 2 amide bonds. The Morgan fingerprint density at radius 3 is 2.76 bits per heavy atom. The van der Waals surface area contributed by atoms with Crippen molar-refractivity contribution in [1.29, 1.82) is 0 Å². The second-order valence-corrected chi connectivity index (χ2v) is 9.78. The van der Waals surface area contributed by atoms with Gasteiger partial charge in [0.15, 0.2) is 4.96 Å². The van der Waals surface area contributed by atoms with Gasteiger partial charge in [0.05, 0.1) is 17.9 Å². The van der Waals surface area contributed by atoms with Crippen molar-refractivity contribution >= 4 is 39.9 Å². The third-order valence-corrected chi connectivity index (χ3v) is 8.10. The lowest BCUT2D eigenvalue weighted by Gasteiger charge is -2.40. The molecular formula is C21H22N4O2S2. The molecule has 0 unspecified atom stereocenters. The van der Waals surface area contributed by atoms with Crippen molar-refractivity contribution < 1.29 is 9.59 Å². The molecule has 1 spiro atoms. The van der Waals surface area contributed by atoms with Crippen molar-refractivity contribution in [3.8, 4) is 11.3 Å². The van der Waals surface area contributed by atoms with E-state index in [1.54, 1.807) is 16.8 Å². The van der Waals surface area contributed by atoms with E-state index in [9.17, 15) is 9.59 Å². The van der Waals surface area contributed by atoms with E-state index in [0.29, 0.717) is 5.75 Å². The van der Waals surface area contributed by atoms with Gasteiger partial charge >= 0.3 is 0 Å². The Morgan fingerprint density at radius 1 is 1.17 bits per heavy atom. The Hall–Kier alpha value is -2.32. The number of nitrogens with zero attached hydrogens (tertiary/aromatic N) is 3. The van der Waals surface area contributed by atoms with Crippen LogP contribution in [0.2, 0.25) is 0 Å². The molecule has 1 aliphatic heterocycles. The Kier molecular flexibility index (Phi) is 4.83. The van der Waals surface area contributed by atoms with Crippen LogP contribution in [0.15, 0.2) is 41.9 Å². The number of benzene rings is 1. The number of carbonyl (C=O) groups excluding carboxylic acids is 2. The van der Waals surface area contributed by atoms with Gasteiger partial charge < -0.3 is 0 Å². The number of hydrogen-bond acceptors (Lipinski definition) is 5. The summed E-state index contributed by atoms with van der Waals surface area (Å²) in [6.45, 7) is 0. The SMILES string of the molecule is O=C(Cc1csc2nc(-c3ccccc3)cn12)NN1C(=O)CSC12CCCCC2. The second kappa shape index (κ2) is 7.50. The largest absolute Gasteiger partial charge is 0.294 e. The van der Waals surface area contributed by atoms with Gasteiger partial charge in [-0.2, -0.15) is 0 Å². The number of thioether (sulfide) groups is 1. The molecule has 150 valence electrons. The number of rotatable bonds is 4. The topological polar surface area (TPSA) is 66.7 Å². The van der Waals surface area contributed by atoms with E-state index in [2.05, 4.69) is 10.4 Å². The van der Waals surface area contributed by atoms with Gasteiger partial charge in [0.25, 0.3) is 5.91 Å². The molecule has 2 aliphatic rings. The molecule has 1 N–H and O–H groups in total. The van der Waals surface area contributed by atoms with Gasteiger partial charge in [-0.1, -0.05) is 49.6 Å². The first-order valence-corrected chi connectivity index (χ1v) is 11.8. The van der Waals surface area contributed by atoms with Crippen molar-refractivity contribution in [2.75, 3.05) is 5.75 Å². The average molecular weight is 427 g/mol. The second-order valence-electron chi connectivity index (χ2n) is 7.61. The van der Waals surface area contributed by atoms with Crippen molar-refractivity contribution in [3.05, 3.63) is 47.6 Å². The van der Waals surface area contributed by atoms with E-state index >= 15 is 0 Å². The smallest absolute Gasteiger partial charge is 0.252 e. The highest BCUT2D eigenvalue weighted by Crippen LogP contribution is 2.46. The molecule has 3 aromatic rings. The van der Waals surface area contributed by atoms with Crippen LogP contribution in [0.25, 0.3) is 16.2 Å². The van der Waals surface area contributed by atoms with Crippen LogP contribution < -0.4 is 5.43 Å². The van der Waals surface area contributed by atoms with Crippen LogP contribution in [0.5, 0.6) is 0 Å². The summed E-state index contributed by atoms with van der Waals surface area (Å²) < 4.78 is 1.98. The van der Waals surface area contributed by atoms with Crippen molar-refractivity contribution in [2.24, 2.45) is 0 Å². The Bertz CT molecular complexity index is 1050. The minimum atomic E-state index is -0.246. The number of imidazole rings is 1. The summed E-state index contributed by atoms with van der Waals surface area (Å²) in [6, 6.07) is 10.0. The van der Waals surface area contributed by atoms with Gasteiger partial charge in [-0.25, -0.2) is 9.99 Å². The number of aromatic nitrogens is 2. The first-order chi connectivity index (χ1) is 14.1. The van der Waals surface area contributed by atoms with E-state index in [4.69, 9.17) is 0 Å². The van der Waals surface area contributed by atoms with Crippen LogP contribution in [0.3, 0.4) is 0 Å². The van der Waals surface area contributed by atoms with Gasteiger partial charge in [-0.05, 0) is 12.8 Å². The molecule has 1 saturated carbocycles. The minimum absolute atomic E-state index is 0.00899. The highest BCUT2D eigenvalue weighted by Gasteiger charge is 2.47. The highest BCUT2D eigenvalue weighted by atomic mass is 32.2. The zero-order valence-electron chi connectivity index (χ0n) is 16.0. The first kappa shape index (κ1) is 18.7. The zero-order chi connectivity index (χ0) is 19.8. The van der Waals surface area contributed by atoms with E-state index in [1.165, 1.54) is 17.8 Å². The number of hydrogen-bond donors (Lipinski definition) is 1. The van der Waals surface area contributed by atoms with Crippen molar-refractivity contribution in [2.45, 2.75) is 43.4 Å². The van der Waals surface area contributed by atoms with Crippen LogP contribution in [0, 0.1) is 0 Å². The average Bonchev–Trinajstić information content (AvgIpc) is 3.41. The molecule has 5 rings (SSSR count). The van der Waals surface area contributed by atoms with E-state index < -0.39 is 0 Å². The minimum Gasteiger partial charge on any atom is -0.294 e. The summed E-state index contributed by atoms with van der Waals surface area (Å²) in [5, 5.41) is 3.60. The molecule has 8 heteroatoms. The number of thiazole rings is 1. The standard InChI is InChI=1S/C21H22N4O2S2/c26-18(23-25-19(27)14-29-21(25)9-5-2-6-10-21)11-16-13-28-20-22-17(12-24(16)20)15-7-3-1-4-8-15/h1,3-4,7-8,12-13H,2,5-6,9-11,14H2,(H,23,26). The van der Waals surface area contributed by atoms with Crippen molar-refractivity contribution in [1.82, 2.24) is 19.8 Å². The van der Waals surface area contributed by atoms with Crippen LogP contribution in [-0.2, 0) is 16.0 Å². The lowest BCUT2D eigenvalue weighted by atomic mass is 9.94. The van der Waals surface area contributed by atoms with E-state index in [-0.39, 0.29) is 23.1 Å². The molecule has 29 heavy (non-hydrogen) atoms. The predicted molar refractivity (Wildman–Crippen MR) is 115 cm³/mol. The summed E-state index contributed by atoms with van der Waals surface area (Å²) in [5.74, 6) is 0.306. The monoisotopic (exact) mass is 426 g/mol. The Balaban J connectivity index is 1.33. The van der Waals surface area contributed by atoms with Crippen LogP contribution in [0.1, 0.15) is 37.8 Å². The van der Waals surface area contributed by atoms with Crippen molar-refractivity contribution in [3.63, 3.8) is 0 Å². The van der Waals surface area contributed by atoms with Gasteiger partial charge in [0.2, 0.25) is 5.91 Å². The normalized spacial score (nSPS) is 18.6. The molecule has 2 aromatic heterocycles. The molecule has 3 heterocycles. The summed E-state index contributed by atoms with van der Waals surface area (Å²) in [6.07, 6.45) is 7.51. The molecule has 2 fully saturated rings. The summed E-state index contributed by atoms with van der Waals surface area (Å²) in [5.41, 5.74) is 5.76. The molecule has 0 bridgehead atoms. The molecule has 1 aliphatic carbocycles. The van der Waals surface area contributed by atoms with E-state index in [1.807, 2.05) is 46.3 Å². The summed E-state index contributed by atoms with van der Waals surface area (Å²) >= 11 is 3.21. The maximum Gasteiger partial charge on any atom is 0.252 e. The predicted octanol–water partition coefficient (Wildman–Crippen LogP) is 3.87. The third-order valence-electron chi connectivity index (χ3n) is 5.69. The molecular weight excluding hydrogens is 404 g/mol. The Morgan fingerprint density at radius 2 is 1.97 bits per heavy atom. The third kappa shape index (κ3) is 3.44. The molecule has 1 aromatic carbocycles. The zero-order valence-corrected chi connectivity index (χ0v) is 17.6. The fraction of sp³-hybridized carbons (Fsp3) is 0.381. The van der Waals surface area contributed by atoms with Gasteiger partial charge in [0.1, 0.15) is 4.87 Å². The number of nitrogens with one attached hydrogen (secondary N) is 1.